The predicted octanol–water partition coefficient (Wildman–Crippen LogP) is 15.1. The molecule has 0 rings (SSSR count). The Hall–Kier alpha value is -0.660. The van der Waals surface area contributed by atoms with E-state index in [1.165, 1.54) is 218 Å². The van der Waals surface area contributed by atoms with Gasteiger partial charge in [0.05, 0.1) is 17.9 Å². The quantitative estimate of drug-likeness (QED) is 0.0420. The van der Waals surface area contributed by atoms with Gasteiger partial charge < -0.3 is 10.4 Å². The molecule has 3 N–H and O–H groups in total. The lowest BCUT2D eigenvalue weighted by Gasteiger charge is -2.23. The molecule has 0 bridgehead atoms. The topological polar surface area (TPSA) is 104 Å². The van der Waals surface area contributed by atoms with Crippen LogP contribution < -0.4 is 5.32 Å². The lowest BCUT2D eigenvalue weighted by molar-refractivity contribution is -0.122. The summed E-state index contributed by atoms with van der Waals surface area (Å²) in [7, 11) is -4.31. The van der Waals surface area contributed by atoms with Gasteiger partial charge in [-0.3, -0.25) is 9.35 Å². The summed E-state index contributed by atoms with van der Waals surface area (Å²) in [6.45, 7) is 4.56. The van der Waals surface area contributed by atoms with Gasteiger partial charge in [0.2, 0.25) is 5.91 Å². The van der Waals surface area contributed by atoms with Crippen LogP contribution in [0.5, 0.6) is 0 Å². The molecule has 0 aromatic rings. The van der Waals surface area contributed by atoms with Crippen molar-refractivity contribution in [3.05, 3.63) is 0 Å². The molecule has 0 aliphatic carbocycles. The number of carbonyl (C=O) groups is 1. The number of carbonyl (C=O) groups excluding carboxylic acids is 1. The number of aliphatic hydroxyl groups excluding tert-OH is 1. The highest BCUT2D eigenvalue weighted by Crippen LogP contribution is 2.18. The molecule has 6 nitrogen and oxygen atoms in total. The summed E-state index contributed by atoms with van der Waals surface area (Å²) >= 11 is 0. The summed E-state index contributed by atoms with van der Waals surface area (Å²) in [4.78, 5) is 12.6. The molecule has 0 aromatic heterocycles. The Morgan fingerprint density at radius 3 is 0.909 bits per heavy atom. The average molecular weight is 800 g/mol. The van der Waals surface area contributed by atoms with Gasteiger partial charge in [0.15, 0.2) is 0 Å². The van der Waals surface area contributed by atoms with E-state index in [1.54, 1.807) is 0 Å². The summed E-state index contributed by atoms with van der Waals surface area (Å²) in [6, 6.07) is -0.965. The molecule has 0 radical (unpaired) electrons. The molecule has 2 unspecified atom stereocenters. The summed E-state index contributed by atoms with van der Waals surface area (Å²) in [5.41, 5.74) is 0. The van der Waals surface area contributed by atoms with Gasteiger partial charge in [0, 0.05) is 6.42 Å². The number of rotatable bonds is 46. The van der Waals surface area contributed by atoms with Crippen LogP contribution in [0.1, 0.15) is 284 Å². The van der Waals surface area contributed by atoms with E-state index in [0.29, 0.717) is 12.8 Å². The molecule has 0 fully saturated rings. The van der Waals surface area contributed by atoms with E-state index >= 15 is 0 Å². The first-order chi connectivity index (χ1) is 26.8. The number of unbranched alkanes of at least 4 members (excludes halogenated alkanes) is 38. The first kappa shape index (κ1) is 54.3. The molecule has 0 aliphatic heterocycles. The summed E-state index contributed by atoms with van der Waals surface area (Å²) < 4.78 is 32.7. The number of amides is 1. The minimum atomic E-state index is -4.31. The standard InChI is InChI=1S/C48H97NO5S/c1-3-5-7-9-11-13-15-17-19-21-23-25-27-29-31-33-35-37-39-41-43-47(50)46(45-55(52,53)54)49-48(51)44-42-40-38-36-34-32-30-28-26-24-22-20-18-16-14-12-10-8-6-4-2/h46-47,50H,3-45H2,1-2H3,(H,49,51)(H,52,53,54). The highest BCUT2D eigenvalue weighted by molar-refractivity contribution is 7.85. The number of hydrogen-bond donors (Lipinski definition) is 3. The smallest absolute Gasteiger partial charge is 0.266 e. The zero-order valence-electron chi connectivity index (χ0n) is 37.1. The van der Waals surface area contributed by atoms with E-state index in [2.05, 4.69) is 19.2 Å². The Balaban J connectivity index is 3.72. The van der Waals surface area contributed by atoms with Crippen LogP contribution in [0.25, 0.3) is 0 Å². The van der Waals surface area contributed by atoms with E-state index in [4.69, 9.17) is 0 Å². The lowest BCUT2D eigenvalue weighted by atomic mass is 10.0. The SMILES string of the molecule is CCCCCCCCCCCCCCCCCCCCCCC(=O)NC(CS(=O)(=O)O)C(O)CCCCCCCCCCCCCCCCCCCCCC. The van der Waals surface area contributed by atoms with Crippen LogP contribution in [0.15, 0.2) is 0 Å². The molecule has 2 atom stereocenters. The van der Waals surface area contributed by atoms with E-state index < -0.39 is 28.0 Å². The fourth-order valence-corrected chi connectivity index (χ4v) is 8.86. The molecule has 0 saturated carbocycles. The van der Waals surface area contributed by atoms with Crippen molar-refractivity contribution in [3.63, 3.8) is 0 Å². The van der Waals surface area contributed by atoms with Crippen LogP contribution in [0.4, 0.5) is 0 Å². The normalized spacial score (nSPS) is 13.0. The van der Waals surface area contributed by atoms with E-state index in [9.17, 15) is 22.9 Å². The summed E-state index contributed by atoms with van der Waals surface area (Å²) in [5.74, 6) is -0.878. The number of aliphatic hydroxyl groups is 1. The van der Waals surface area contributed by atoms with Gasteiger partial charge >= 0.3 is 0 Å². The van der Waals surface area contributed by atoms with Crippen molar-refractivity contribution in [1.29, 1.82) is 0 Å². The Kier molecular flexibility index (Phi) is 42.4. The van der Waals surface area contributed by atoms with Crippen molar-refractivity contribution in [2.45, 2.75) is 296 Å². The third kappa shape index (κ3) is 44.3. The van der Waals surface area contributed by atoms with Gasteiger partial charge in [-0.2, -0.15) is 8.42 Å². The van der Waals surface area contributed by atoms with Crippen LogP contribution in [0.2, 0.25) is 0 Å². The van der Waals surface area contributed by atoms with Gasteiger partial charge in [0.25, 0.3) is 10.1 Å². The highest BCUT2D eigenvalue weighted by atomic mass is 32.2. The van der Waals surface area contributed by atoms with E-state index in [-0.39, 0.29) is 5.91 Å². The molecule has 7 heteroatoms. The fourth-order valence-electron chi connectivity index (χ4n) is 8.11. The summed E-state index contributed by atoms with van der Waals surface area (Å²) in [5, 5.41) is 13.4. The molecule has 0 aliphatic rings. The van der Waals surface area contributed by atoms with Crippen LogP contribution in [-0.2, 0) is 14.9 Å². The van der Waals surface area contributed by atoms with Crippen molar-refractivity contribution in [2.24, 2.45) is 0 Å². The van der Waals surface area contributed by atoms with Gasteiger partial charge in [-0.1, -0.05) is 264 Å². The monoisotopic (exact) mass is 800 g/mol. The molecule has 0 spiro atoms. The maximum atomic E-state index is 12.6. The second-order valence-corrected chi connectivity index (χ2v) is 19.0. The van der Waals surface area contributed by atoms with Gasteiger partial charge in [-0.15, -0.1) is 0 Å². The van der Waals surface area contributed by atoms with Gasteiger partial charge in [-0.25, -0.2) is 0 Å². The molecule has 330 valence electrons. The molecular formula is C48H97NO5S. The molecule has 0 aromatic carbocycles. The van der Waals surface area contributed by atoms with Crippen LogP contribution >= 0.6 is 0 Å². The largest absolute Gasteiger partial charge is 0.391 e. The van der Waals surface area contributed by atoms with Crippen LogP contribution in [0.3, 0.4) is 0 Å². The Labute approximate surface area is 344 Å². The maximum Gasteiger partial charge on any atom is 0.266 e. The minimum Gasteiger partial charge on any atom is -0.391 e. The van der Waals surface area contributed by atoms with Crippen LogP contribution in [0, 0.1) is 0 Å². The second kappa shape index (κ2) is 42.9. The predicted molar refractivity (Wildman–Crippen MR) is 240 cm³/mol. The zero-order chi connectivity index (χ0) is 40.3. The number of nitrogens with one attached hydrogen (secondary N) is 1. The van der Waals surface area contributed by atoms with Crippen molar-refractivity contribution >= 4 is 16.0 Å². The van der Waals surface area contributed by atoms with Gasteiger partial charge in [0.1, 0.15) is 0 Å². The van der Waals surface area contributed by atoms with E-state index in [1.807, 2.05) is 0 Å². The van der Waals surface area contributed by atoms with Gasteiger partial charge in [-0.05, 0) is 12.8 Å². The van der Waals surface area contributed by atoms with Crippen molar-refractivity contribution in [1.82, 2.24) is 5.32 Å². The van der Waals surface area contributed by atoms with Crippen molar-refractivity contribution < 1.29 is 22.9 Å². The molecule has 0 heterocycles. The molecule has 1 amide bonds. The lowest BCUT2D eigenvalue weighted by Crippen LogP contribution is -2.47. The first-order valence-corrected chi connectivity index (χ1v) is 26.3. The highest BCUT2D eigenvalue weighted by Gasteiger charge is 2.26. The average Bonchev–Trinajstić information content (AvgIpc) is 3.15. The van der Waals surface area contributed by atoms with Crippen molar-refractivity contribution in [3.8, 4) is 0 Å². The Morgan fingerprint density at radius 1 is 0.418 bits per heavy atom. The summed E-state index contributed by atoms with van der Waals surface area (Å²) in [6.07, 6.45) is 52.1. The third-order valence-electron chi connectivity index (χ3n) is 11.8. The molecular weight excluding hydrogens is 703 g/mol. The van der Waals surface area contributed by atoms with Crippen molar-refractivity contribution in [2.75, 3.05) is 5.75 Å². The first-order valence-electron chi connectivity index (χ1n) is 24.7. The second-order valence-electron chi connectivity index (χ2n) is 17.5. The fraction of sp³-hybridized carbons (Fsp3) is 0.979. The maximum absolute atomic E-state index is 12.6. The minimum absolute atomic E-state index is 0.237. The Bertz CT molecular complexity index is 882. The van der Waals surface area contributed by atoms with Crippen LogP contribution in [-0.4, -0.2) is 41.9 Å². The molecule has 55 heavy (non-hydrogen) atoms. The van der Waals surface area contributed by atoms with E-state index in [0.717, 1.165) is 38.5 Å². The Morgan fingerprint density at radius 2 is 0.655 bits per heavy atom. The third-order valence-corrected chi connectivity index (χ3v) is 12.6. The molecule has 0 saturated heterocycles. The number of hydrogen-bond acceptors (Lipinski definition) is 4. The zero-order valence-corrected chi connectivity index (χ0v) is 37.9.